The number of fused-ring (bicyclic) bond motifs is 1. The highest BCUT2D eigenvalue weighted by molar-refractivity contribution is 5.89. The number of aryl methyl sites for hydroxylation is 4. The van der Waals surface area contributed by atoms with Gasteiger partial charge in [-0.1, -0.05) is 80.5 Å². The number of carbonyl (C=O) groups excluding carboxylic acids is 2. The normalized spacial score (nSPS) is 31.6. The van der Waals surface area contributed by atoms with Crippen LogP contribution >= 0.6 is 0 Å². The first-order valence-corrected chi connectivity index (χ1v) is 26.2. The molecule has 400 valence electrons. The van der Waals surface area contributed by atoms with E-state index in [-0.39, 0.29) is 36.5 Å². The molecule has 2 aliphatic carbocycles. The van der Waals surface area contributed by atoms with E-state index in [9.17, 15) is 45.0 Å². The molecule has 4 aromatic rings. The number of carbonyl (C=O) groups is 3. The zero-order valence-corrected chi connectivity index (χ0v) is 42.0. The highest BCUT2D eigenvalue weighted by Crippen LogP contribution is 2.40. The topological polar surface area (TPSA) is 264 Å². The molecule has 0 bridgehead atoms. The van der Waals surface area contributed by atoms with Crippen molar-refractivity contribution in [3.63, 3.8) is 0 Å². The van der Waals surface area contributed by atoms with Gasteiger partial charge in [0.1, 0.15) is 42.4 Å². The number of aliphatic carboxylic acids is 1. The number of aliphatic hydroxyl groups is 5. The highest BCUT2D eigenvalue weighted by atomic mass is 16.7. The zero-order chi connectivity index (χ0) is 51.8. The minimum absolute atomic E-state index is 0.00726. The number of hydrogen-bond acceptors (Lipinski definition) is 16. The zero-order valence-electron chi connectivity index (χ0n) is 42.0. The van der Waals surface area contributed by atoms with Gasteiger partial charge < -0.3 is 63.6 Å². The third-order valence-electron chi connectivity index (χ3n) is 15.3. The minimum Gasteiger partial charge on any atom is -0.479 e. The van der Waals surface area contributed by atoms with Gasteiger partial charge in [-0.25, -0.2) is 9.59 Å². The summed E-state index contributed by atoms with van der Waals surface area (Å²) in [5, 5.41) is 74.9. The van der Waals surface area contributed by atoms with Crippen LogP contribution in [0.3, 0.4) is 0 Å². The molecule has 6 N–H and O–H groups in total. The maximum absolute atomic E-state index is 14.2. The molecule has 2 aliphatic heterocycles. The van der Waals surface area contributed by atoms with Crippen LogP contribution in [0, 0.1) is 24.7 Å². The minimum atomic E-state index is -1.67. The van der Waals surface area contributed by atoms with Crippen molar-refractivity contribution < 1.29 is 73.4 Å². The average Bonchev–Trinajstić information content (AvgIpc) is 4.02. The number of nitrogens with zero attached hydrogens (tertiary/aromatic N) is 4. The molecular weight excluding hydrogens is 945 g/mol. The Morgan fingerprint density at radius 2 is 1.60 bits per heavy atom. The largest absolute Gasteiger partial charge is 0.479 e. The van der Waals surface area contributed by atoms with E-state index >= 15 is 0 Å². The van der Waals surface area contributed by atoms with Gasteiger partial charge in [-0.3, -0.25) is 9.48 Å². The predicted octanol–water partition coefficient (Wildman–Crippen LogP) is 4.67. The Balaban J connectivity index is 0.964. The number of unbranched alkanes of at least 4 members (excludes halogenated alkanes) is 2. The van der Waals surface area contributed by atoms with E-state index in [0.29, 0.717) is 25.8 Å². The van der Waals surface area contributed by atoms with Crippen LogP contribution in [0.15, 0.2) is 67.0 Å². The molecule has 4 aliphatic rings. The van der Waals surface area contributed by atoms with Crippen molar-refractivity contribution in [2.24, 2.45) is 17.8 Å². The highest BCUT2D eigenvalue weighted by Gasteiger charge is 2.54. The number of rotatable bonds is 22. The second kappa shape index (κ2) is 25.2. The Labute approximate surface area is 425 Å². The standard InChI is InChI=1S/C54H74N4O15/c1-31-19-20-39-36(25-31)21-22-57(39)23-24-58-29-38(55-56-58)17-11-6-12-18-40(60)37-26-32(2)48(73-53-47(64)46(63)44(61)33(3)68-53)41(28-37)70-54-50(72-52(67)35-15-9-5-10-16-35)49(45(62)43(30-59)71-54)69-42(51(65)66)27-34-13-7-4-8-14-34/h5,9-10,15-16,19-22,25,29,32-34,37,41-50,53-54,59,61-64H,4,6-8,11-14,17-18,23-24,26-28,30H2,1-3H3,(H,65,66)/t32?,33?,37?,41-,42+,43+,44-,45+,46+,47?,48-,49?,50?,53+,54-/m1/s1. The van der Waals surface area contributed by atoms with Gasteiger partial charge in [-0.2, -0.15) is 0 Å². The predicted molar refractivity (Wildman–Crippen MR) is 263 cm³/mol. The van der Waals surface area contributed by atoms with Crippen molar-refractivity contribution in [1.82, 2.24) is 19.6 Å². The number of carboxylic acids is 1. The number of ether oxygens (including phenoxy) is 6. The van der Waals surface area contributed by atoms with E-state index in [0.717, 1.165) is 57.2 Å². The molecule has 2 saturated heterocycles. The Bertz CT molecular complexity index is 2410. The molecular formula is C54H74N4O15. The van der Waals surface area contributed by atoms with Gasteiger partial charge in [-0.15, -0.1) is 5.10 Å². The van der Waals surface area contributed by atoms with Crippen molar-refractivity contribution in [3.05, 3.63) is 83.8 Å². The lowest BCUT2D eigenvalue weighted by molar-refractivity contribution is -0.349. The fourth-order valence-electron chi connectivity index (χ4n) is 11.1. The van der Waals surface area contributed by atoms with Crippen molar-refractivity contribution >= 4 is 28.6 Å². The quantitative estimate of drug-likeness (QED) is 0.0462. The summed E-state index contributed by atoms with van der Waals surface area (Å²) >= 11 is 0. The summed E-state index contributed by atoms with van der Waals surface area (Å²) in [5.41, 5.74) is 3.41. The molecule has 73 heavy (non-hydrogen) atoms. The first-order valence-electron chi connectivity index (χ1n) is 26.2. The summed E-state index contributed by atoms with van der Waals surface area (Å²) in [6.07, 6.45) is -5.93. The van der Waals surface area contributed by atoms with Crippen LogP contribution in [0.5, 0.6) is 0 Å². The van der Waals surface area contributed by atoms with Crippen LogP contribution in [-0.2, 0) is 57.5 Å². The molecule has 4 fully saturated rings. The van der Waals surface area contributed by atoms with Gasteiger partial charge in [0.05, 0.1) is 42.7 Å². The number of aliphatic hydroxyl groups excluding tert-OH is 5. The smallest absolute Gasteiger partial charge is 0.338 e. The molecule has 4 heterocycles. The fraction of sp³-hybridized carbons (Fsp3) is 0.648. The van der Waals surface area contributed by atoms with Crippen LogP contribution in [0.25, 0.3) is 10.9 Å². The maximum atomic E-state index is 14.2. The summed E-state index contributed by atoms with van der Waals surface area (Å²) in [5.74, 6) is -3.06. The Morgan fingerprint density at radius 1 is 0.822 bits per heavy atom. The number of aromatic nitrogens is 4. The van der Waals surface area contributed by atoms with E-state index < -0.39 is 110 Å². The summed E-state index contributed by atoms with van der Waals surface area (Å²) in [6, 6.07) is 16.6. The third-order valence-corrected chi connectivity index (χ3v) is 15.3. The second-order valence-electron chi connectivity index (χ2n) is 20.8. The second-order valence-corrected chi connectivity index (χ2v) is 20.8. The van der Waals surface area contributed by atoms with Crippen molar-refractivity contribution in [3.8, 4) is 0 Å². The summed E-state index contributed by atoms with van der Waals surface area (Å²) in [7, 11) is 0. The van der Waals surface area contributed by atoms with E-state index in [4.69, 9.17) is 28.4 Å². The SMILES string of the molecule is Cc1ccc2c(ccn2CCn2cc(CCCCCC(=O)C3CC(C)[C@@H](O[C@@H]4OC(C)[C@@H](O)[C@H](O)C4O)[C@H](O[C@@H]4O[C@@H](CO)[C@H](O)C(O[C@@H](CC5CCCCC5)C(=O)O)C4OC(=O)c4ccccc4)C3)nn2)c1. The van der Waals surface area contributed by atoms with E-state index in [1.165, 1.54) is 35.5 Å². The molecule has 2 aromatic heterocycles. The van der Waals surface area contributed by atoms with Gasteiger partial charge in [0.15, 0.2) is 24.8 Å². The first kappa shape index (κ1) is 54.6. The molecule has 8 rings (SSSR count). The lowest BCUT2D eigenvalue weighted by Crippen LogP contribution is -2.64. The first-order chi connectivity index (χ1) is 35.2. The molecule has 15 atom stereocenters. The summed E-state index contributed by atoms with van der Waals surface area (Å²) < 4.78 is 41.7. The van der Waals surface area contributed by atoms with Crippen molar-refractivity contribution in [1.29, 1.82) is 0 Å². The number of benzene rings is 2. The molecule has 0 radical (unpaired) electrons. The van der Waals surface area contributed by atoms with Crippen LogP contribution in [0.2, 0.25) is 0 Å². The number of Topliss-reactive ketones (excluding diaryl/α,β-unsaturated/α-hetero) is 1. The van der Waals surface area contributed by atoms with Gasteiger partial charge in [0, 0.05) is 36.8 Å². The van der Waals surface area contributed by atoms with E-state index in [1.807, 2.05) is 17.8 Å². The van der Waals surface area contributed by atoms with Gasteiger partial charge in [-0.05, 0) is 99.9 Å². The molecule has 19 nitrogen and oxygen atoms in total. The van der Waals surface area contributed by atoms with Crippen LogP contribution < -0.4 is 0 Å². The molecule has 6 unspecified atom stereocenters. The van der Waals surface area contributed by atoms with E-state index in [2.05, 4.69) is 52.3 Å². The Hall–Kier alpha value is -4.67. The number of ketones is 1. The molecule has 19 heteroatoms. The summed E-state index contributed by atoms with van der Waals surface area (Å²) in [6.45, 7) is 6.14. The molecule has 2 aromatic carbocycles. The number of esters is 1. The lowest BCUT2D eigenvalue weighted by Gasteiger charge is -2.48. The average molecular weight is 1020 g/mol. The molecule has 0 amide bonds. The Morgan fingerprint density at radius 3 is 2.36 bits per heavy atom. The molecule has 2 saturated carbocycles. The van der Waals surface area contributed by atoms with E-state index in [1.54, 1.807) is 18.2 Å². The number of carboxylic acid groups (broad SMARTS) is 1. The van der Waals surface area contributed by atoms with Crippen molar-refractivity contribution in [2.75, 3.05) is 6.61 Å². The monoisotopic (exact) mass is 1020 g/mol. The van der Waals surface area contributed by atoms with Crippen LogP contribution in [-0.4, -0.2) is 154 Å². The van der Waals surface area contributed by atoms with Crippen molar-refractivity contribution in [2.45, 2.75) is 197 Å². The summed E-state index contributed by atoms with van der Waals surface area (Å²) in [4.78, 5) is 40.9. The van der Waals surface area contributed by atoms with Crippen LogP contribution in [0.1, 0.15) is 113 Å². The van der Waals surface area contributed by atoms with Gasteiger partial charge in [0.25, 0.3) is 0 Å². The number of hydrogen-bond donors (Lipinski definition) is 6. The fourth-order valence-corrected chi connectivity index (χ4v) is 11.1. The maximum Gasteiger partial charge on any atom is 0.338 e. The van der Waals surface area contributed by atoms with Gasteiger partial charge in [0.2, 0.25) is 0 Å². The molecule has 0 spiro atoms. The Kier molecular flexibility index (Phi) is 18.9. The lowest BCUT2D eigenvalue weighted by atomic mass is 9.75. The van der Waals surface area contributed by atoms with Gasteiger partial charge >= 0.3 is 11.9 Å². The third kappa shape index (κ3) is 13.6. The van der Waals surface area contributed by atoms with Crippen LogP contribution in [0.4, 0.5) is 0 Å².